The molecule has 17 heavy (non-hydrogen) atoms. The van der Waals surface area contributed by atoms with E-state index in [-0.39, 0.29) is 5.41 Å². The Kier molecular flexibility index (Phi) is 5.79. The maximum Gasteiger partial charge on any atom is 0.105 e. The van der Waals surface area contributed by atoms with Gasteiger partial charge >= 0.3 is 0 Å². The summed E-state index contributed by atoms with van der Waals surface area (Å²) in [6.07, 6.45) is 5.86. The van der Waals surface area contributed by atoms with Crippen LogP contribution in [0.3, 0.4) is 0 Å². The van der Waals surface area contributed by atoms with Crippen molar-refractivity contribution in [3.8, 4) is 6.07 Å². The van der Waals surface area contributed by atoms with Crippen LogP contribution in [-0.2, 0) is 6.42 Å². The molecule has 0 radical (unpaired) electrons. The van der Waals surface area contributed by atoms with Crippen molar-refractivity contribution in [3.63, 3.8) is 0 Å². The Balaban J connectivity index is 1.93. The van der Waals surface area contributed by atoms with E-state index >= 15 is 0 Å². The van der Waals surface area contributed by atoms with Crippen LogP contribution in [0.25, 0.3) is 0 Å². The quantitative estimate of drug-likeness (QED) is 0.703. The summed E-state index contributed by atoms with van der Waals surface area (Å²) in [5.41, 5.74) is -0.172. The minimum absolute atomic E-state index is 0.172. The molecular formula is C14H22N2O. The number of furan rings is 1. The van der Waals surface area contributed by atoms with E-state index in [1.54, 1.807) is 6.26 Å². The topological polar surface area (TPSA) is 49.0 Å². The van der Waals surface area contributed by atoms with E-state index in [9.17, 15) is 0 Å². The van der Waals surface area contributed by atoms with Gasteiger partial charge < -0.3 is 9.73 Å². The van der Waals surface area contributed by atoms with Gasteiger partial charge in [0, 0.05) is 13.0 Å². The number of rotatable bonds is 8. The molecule has 1 heterocycles. The number of nitrogens with zero attached hydrogens (tertiary/aromatic N) is 1. The second-order valence-corrected chi connectivity index (χ2v) is 5.03. The van der Waals surface area contributed by atoms with Gasteiger partial charge in [-0.1, -0.05) is 6.42 Å². The minimum Gasteiger partial charge on any atom is -0.469 e. The molecule has 1 aromatic heterocycles. The van der Waals surface area contributed by atoms with Gasteiger partial charge in [-0.15, -0.1) is 0 Å². The largest absolute Gasteiger partial charge is 0.469 e. The third-order valence-electron chi connectivity index (χ3n) is 2.84. The highest BCUT2D eigenvalue weighted by atomic mass is 16.3. The number of hydrogen-bond donors (Lipinski definition) is 1. The SMILES string of the molecule is CC(C)(C#N)CCCCNCCc1ccco1. The molecule has 94 valence electrons. The summed E-state index contributed by atoms with van der Waals surface area (Å²) in [5.74, 6) is 1.03. The lowest BCUT2D eigenvalue weighted by molar-refractivity contribution is 0.421. The minimum atomic E-state index is -0.172. The molecular weight excluding hydrogens is 212 g/mol. The molecule has 1 rings (SSSR count). The summed E-state index contributed by atoms with van der Waals surface area (Å²) in [7, 11) is 0. The lowest BCUT2D eigenvalue weighted by Gasteiger charge is -2.14. The lowest BCUT2D eigenvalue weighted by Crippen LogP contribution is -2.19. The Morgan fingerprint density at radius 3 is 2.82 bits per heavy atom. The van der Waals surface area contributed by atoms with Gasteiger partial charge in [-0.25, -0.2) is 0 Å². The number of nitriles is 1. The van der Waals surface area contributed by atoms with Crippen molar-refractivity contribution in [2.45, 2.75) is 39.5 Å². The number of hydrogen-bond acceptors (Lipinski definition) is 3. The second kappa shape index (κ2) is 7.13. The second-order valence-electron chi connectivity index (χ2n) is 5.03. The molecule has 0 bridgehead atoms. The van der Waals surface area contributed by atoms with Gasteiger partial charge in [0.25, 0.3) is 0 Å². The monoisotopic (exact) mass is 234 g/mol. The van der Waals surface area contributed by atoms with Crippen molar-refractivity contribution in [1.82, 2.24) is 5.32 Å². The predicted octanol–water partition coefficient (Wildman–Crippen LogP) is 3.13. The summed E-state index contributed by atoms with van der Waals surface area (Å²) < 4.78 is 5.24. The molecule has 0 aliphatic heterocycles. The van der Waals surface area contributed by atoms with Crippen LogP contribution in [0, 0.1) is 16.7 Å². The zero-order chi connectivity index (χ0) is 12.6. The normalized spacial score (nSPS) is 11.4. The fourth-order valence-corrected chi connectivity index (χ4v) is 1.66. The van der Waals surface area contributed by atoms with Crippen LogP contribution in [0.1, 0.15) is 38.9 Å². The highest BCUT2D eigenvalue weighted by Gasteiger charge is 2.14. The Morgan fingerprint density at radius 1 is 1.35 bits per heavy atom. The van der Waals surface area contributed by atoms with Crippen LogP contribution >= 0.6 is 0 Å². The van der Waals surface area contributed by atoms with Crippen molar-refractivity contribution in [1.29, 1.82) is 5.26 Å². The van der Waals surface area contributed by atoms with Crippen molar-refractivity contribution in [3.05, 3.63) is 24.2 Å². The Morgan fingerprint density at radius 2 is 2.18 bits per heavy atom. The van der Waals surface area contributed by atoms with Crippen LogP contribution < -0.4 is 5.32 Å². The molecule has 0 atom stereocenters. The van der Waals surface area contributed by atoms with E-state index in [0.29, 0.717) is 0 Å². The third-order valence-corrected chi connectivity index (χ3v) is 2.84. The van der Waals surface area contributed by atoms with E-state index in [2.05, 4.69) is 11.4 Å². The van der Waals surface area contributed by atoms with Crippen LogP contribution in [0.2, 0.25) is 0 Å². The summed E-state index contributed by atoms with van der Waals surface area (Å²) in [6, 6.07) is 6.24. The molecule has 0 fully saturated rings. The van der Waals surface area contributed by atoms with Gasteiger partial charge in [0.05, 0.1) is 17.7 Å². The Bertz CT molecular complexity index is 336. The standard InChI is InChI=1S/C14H22N2O/c1-14(2,12-15)8-3-4-9-16-10-7-13-6-5-11-17-13/h5-6,11,16H,3-4,7-10H2,1-2H3. The average molecular weight is 234 g/mol. The molecule has 3 heteroatoms. The van der Waals surface area contributed by atoms with Gasteiger partial charge in [0.1, 0.15) is 5.76 Å². The van der Waals surface area contributed by atoms with Gasteiger partial charge in [0.15, 0.2) is 0 Å². The van der Waals surface area contributed by atoms with E-state index in [1.165, 1.54) is 0 Å². The highest BCUT2D eigenvalue weighted by molar-refractivity contribution is 4.98. The predicted molar refractivity (Wildman–Crippen MR) is 68.5 cm³/mol. The van der Waals surface area contributed by atoms with Crippen molar-refractivity contribution < 1.29 is 4.42 Å². The van der Waals surface area contributed by atoms with Gasteiger partial charge in [-0.05, 0) is 45.4 Å². The maximum atomic E-state index is 8.86. The molecule has 0 spiro atoms. The Labute approximate surface area is 104 Å². The Hall–Kier alpha value is -1.27. The van der Waals surface area contributed by atoms with E-state index in [1.807, 2.05) is 26.0 Å². The average Bonchev–Trinajstić information content (AvgIpc) is 2.81. The van der Waals surface area contributed by atoms with Crippen LogP contribution in [0.5, 0.6) is 0 Å². The first kappa shape index (κ1) is 13.8. The molecule has 0 aliphatic carbocycles. The summed E-state index contributed by atoms with van der Waals surface area (Å²) in [4.78, 5) is 0. The number of unbranched alkanes of at least 4 members (excludes halogenated alkanes) is 1. The molecule has 0 amide bonds. The summed E-state index contributed by atoms with van der Waals surface area (Å²) in [5, 5.41) is 12.2. The fraction of sp³-hybridized carbons (Fsp3) is 0.643. The number of nitrogens with one attached hydrogen (secondary N) is 1. The molecule has 0 saturated heterocycles. The molecule has 0 aromatic carbocycles. The smallest absolute Gasteiger partial charge is 0.105 e. The van der Waals surface area contributed by atoms with Crippen molar-refractivity contribution in [2.24, 2.45) is 5.41 Å². The maximum absolute atomic E-state index is 8.86. The first-order chi connectivity index (χ1) is 8.14. The molecule has 1 aromatic rings. The lowest BCUT2D eigenvalue weighted by atomic mass is 9.89. The molecule has 0 saturated carbocycles. The fourth-order valence-electron chi connectivity index (χ4n) is 1.66. The molecule has 0 unspecified atom stereocenters. The van der Waals surface area contributed by atoms with E-state index in [4.69, 9.17) is 9.68 Å². The van der Waals surface area contributed by atoms with E-state index in [0.717, 1.165) is 44.5 Å². The van der Waals surface area contributed by atoms with Crippen LogP contribution in [0.15, 0.2) is 22.8 Å². The van der Waals surface area contributed by atoms with Crippen LogP contribution in [-0.4, -0.2) is 13.1 Å². The highest BCUT2D eigenvalue weighted by Crippen LogP contribution is 2.21. The van der Waals surface area contributed by atoms with Crippen LogP contribution in [0.4, 0.5) is 0 Å². The van der Waals surface area contributed by atoms with E-state index < -0.39 is 0 Å². The van der Waals surface area contributed by atoms with Gasteiger partial charge in [-0.3, -0.25) is 0 Å². The van der Waals surface area contributed by atoms with Crippen molar-refractivity contribution >= 4 is 0 Å². The molecule has 1 N–H and O–H groups in total. The first-order valence-electron chi connectivity index (χ1n) is 6.28. The van der Waals surface area contributed by atoms with Gasteiger partial charge in [0.2, 0.25) is 0 Å². The summed E-state index contributed by atoms with van der Waals surface area (Å²) >= 11 is 0. The zero-order valence-corrected chi connectivity index (χ0v) is 10.8. The molecule has 0 aliphatic rings. The molecule has 3 nitrogen and oxygen atoms in total. The first-order valence-corrected chi connectivity index (χ1v) is 6.28. The van der Waals surface area contributed by atoms with Gasteiger partial charge in [-0.2, -0.15) is 5.26 Å². The summed E-state index contributed by atoms with van der Waals surface area (Å²) in [6.45, 7) is 5.96. The zero-order valence-electron chi connectivity index (χ0n) is 10.8. The third kappa shape index (κ3) is 6.13. The van der Waals surface area contributed by atoms with Crippen molar-refractivity contribution in [2.75, 3.05) is 13.1 Å².